The predicted octanol–water partition coefficient (Wildman–Crippen LogP) is 1.96. The van der Waals surface area contributed by atoms with E-state index in [9.17, 15) is 0 Å². The number of nitrogens with one attached hydrogen (secondary N) is 1. The fourth-order valence-electron chi connectivity index (χ4n) is 2.24. The fourth-order valence-corrected chi connectivity index (χ4v) is 2.24. The third kappa shape index (κ3) is 1.17. The molecule has 1 unspecified atom stereocenters. The Morgan fingerprint density at radius 3 is 2.30 bits per heavy atom. The molecule has 2 fully saturated rings. The summed E-state index contributed by atoms with van der Waals surface area (Å²) in [7, 11) is 0. The number of rotatable bonds is 0. The first-order valence-corrected chi connectivity index (χ1v) is 4.04. The van der Waals surface area contributed by atoms with E-state index in [-0.39, 0.29) is 12.4 Å². The lowest BCUT2D eigenvalue weighted by Gasteiger charge is -2.37. The average Bonchev–Trinajstić information content (AvgIpc) is 2.09. The minimum absolute atomic E-state index is 0. The lowest BCUT2D eigenvalue weighted by Crippen LogP contribution is -2.31. The van der Waals surface area contributed by atoms with Crippen molar-refractivity contribution in [2.75, 3.05) is 6.54 Å². The van der Waals surface area contributed by atoms with Crippen molar-refractivity contribution in [2.24, 2.45) is 5.41 Å². The number of halogens is 1. The van der Waals surface area contributed by atoms with Gasteiger partial charge in [-0.05, 0) is 31.6 Å². The van der Waals surface area contributed by atoms with Crippen LogP contribution in [0.5, 0.6) is 0 Å². The third-order valence-corrected chi connectivity index (χ3v) is 2.98. The molecule has 0 aromatic rings. The van der Waals surface area contributed by atoms with Crippen LogP contribution in [0.25, 0.3) is 0 Å². The Hall–Kier alpha value is 0.250. The summed E-state index contributed by atoms with van der Waals surface area (Å²) in [6.07, 6.45) is 5.90. The first-order valence-electron chi connectivity index (χ1n) is 4.04. The van der Waals surface area contributed by atoms with Crippen LogP contribution < -0.4 is 5.32 Å². The van der Waals surface area contributed by atoms with Crippen LogP contribution in [0.4, 0.5) is 0 Å². The van der Waals surface area contributed by atoms with Crippen LogP contribution in [0.2, 0.25) is 0 Å². The molecule has 0 aromatic heterocycles. The van der Waals surface area contributed by atoms with Gasteiger partial charge < -0.3 is 5.32 Å². The van der Waals surface area contributed by atoms with Gasteiger partial charge in [0.1, 0.15) is 0 Å². The molecule has 1 aliphatic carbocycles. The van der Waals surface area contributed by atoms with Crippen molar-refractivity contribution in [1.82, 2.24) is 5.32 Å². The van der Waals surface area contributed by atoms with Gasteiger partial charge in [0, 0.05) is 12.6 Å². The normalized spacial score (nSPS) is 35.1. The summed E-state index contributed by atoms with van der Waals surface area (Å²) in [6, 6.07) is 0.797. The van der Waals surface area contributed by atoms with Gasteiger partial charge in [-0.25, -0.2) is 0 Å². The van der Waals surface area contributed by atoms with Gasteiger partial charge in [0.25, 0.3) is 0 Å². The molecule has 1 spiro atoms. The molecule has 1 heterocycles. The summed E-state index contributed by atoms with van der Waals surface area (Å²) in [5.74, 6) is 0. The van der Waals surface area contributed by atoms with E-state index in [0.29, 0.717) is 0 Å². The Bertz CT molecular complexity index is 120. The maximum absolute atomic E-state index is 3.51. The Labute approximate surface area is 69.0 Å². The number of hydrogen-bond acceptors (Lipinski definition) is 1. The van der Waals surface area contributed by atoms with E-state index >= 15 is 0 Å². The molecule has 2 aliphatic rings. The van der Waals surface area contributed by atoms with Crippen LogP contribution in [0, 0.1) is 5.41 Å². The van der Waals surface area contributed by atoms with E-state index in [2.05, 4.69) is 12.2 Å². The highest BCUT2D eigenvalue weighted by molar-refractivity contribution is 5.85. The molecule has 0 radical (unpaired) electrons. The van der Waals surface area contributed by atoms with Crippen LogP contribution in [0.1, 0.15) is 32.6 Å². The molecule has 2 heteroatoms. The molecule has 1 saturated carbocycles. The Morgan fingerprint density at radius 1 is 1.40 bits per heavy atom. The zero-order chi connectivity index (χ0) is 6.32. The van der Waals surface area contributed by atoms with Crippen molar-refractivity contribution < 1.29 is 0 Å². The van der Waals surface area contributed by atoms with Gasteiger partial charge in [-0.15, -0.1) is 12.4 Å². The summed E-state index contributed by atoms with van der Waals surface area (Å²) in [6.45, 7) is 3.60. The van der Waals surface area contributed by atoms with Crippen molar-refractivity contribution >= 4 is 12.4 Å². The van der Waals surface area contributed by atoms with Gasteiger partial charge in [0.15, 0.2) is 0 Å². The summed E-state index contributed by atoms with van der Waals surface area (Å²) in [5.41, 5.74) is 0.777. The van der Waals surface area contributed by atoms with Crippen molar-refractivity contribution in [1.29, 1.82) is 0 Å². The summed E-state index contributed by atoms with van der Waals surface area (Å²) >= 11 is 0. The molecule has 0 amide bonds. The molecule has 1 N–H and O–H groups in total. The smallest absolute Gasteiger partial charge is 0.00447 e. The molecule has 0 aromatic carbocycles. The molecule has 1 aliphatic heterocycles. The first-order chi connectivity index (χ1) is 4.31. The topological polar surface area (TPSA) is 12.0 Å². The van der Waals surface area contributed by atoms with Crippen molar-refractivity contribution in [3.63, 3.8) is 0 Å². The van der Waals surface area contributed by atoms with Crippen molar-refractivity contribution in [3.8, 4) is 0 Å². The highest BCUT2D eigenvalue weighted by Crippen LogP contribution is 2.46. The SMILES string of the molecule is CC1CC2(CCC2)CN1.Cl. The molecular weight excluding hydrogens is 146 g/mol. The van der Waals surface area contributed by atoms with Gasteiger partial charge >= 0.3 is 0 Å². The van der Waals surface area contributed by atoms with Crippen LogP contribution in [0.3, 0.4) is 0 Å². The van der Waals surface area contributed by atoms with Crippen molar-refractivity contribution in [2.45, 2.75) is 38.6 Å². The van der Waals surface area contributed by atoms with E-state index in [4.69, 9.17) is 0 Å². The Morgan fingerprint density at radius 2 is 2.10 bits per heavy atom. The lowest BCUT2D eigenvalue weighted by atomic mass is 9.68. The van der Waals surface area contributed by atoms with E-state index in [1.54, 1.807) is 0 Å². The van der Waals surface area contributed by atoms with Gasteiger partial charge in [0.2, 0.25) is 0 Å². The van der Waals surface area contributed by atoms with Gasteiger partial charge in [-0.2, -0.15) is 0 Å². The maximum Gasteiger partial charge on any atom is 0.00447 e. The van der Waals surface area contributed by atoms with E-state index in [1.807, 2.05) is 0 Å². The molecule has 1 atom stereocenters. The summed E-state index contributed by atoms with van der Waals surface area (Å²) < 4.78 is 0. The van der Waals surface area contributed by atoms with E-state index < -0.39 is 0 Å². The standard InChI is InChI=1S/C8H15N.ClH/c1-7-5-8(6-9-7)3-2-4-8;/h7,9H,2-6H2,1H3;1H. The molecule has 1 nitrogen and oxygen atoms in total. The highest BCUT2D eigenvalue weighted by atomic mass is 35.5. The molecule has 0 bridgehead atoms. The second-order valence-electron chi connectivity index (χ2n) is 3.84. The Balaban J connectivity index is 0.000000500. The van der Waals surface area contributed by atoms with Crippen LogP contribution in [-0.2, 0) is 0 Å². The zero-order valence-electron chi connectivity index (χ0n) is 6.52. The summed E-state index contributed by atoms with van der Waals surface area (Å²) in [5, 5.41) is 3.51. The minimum atomic E-state index is 0. The second-order valence-corrected chi connectivity index (χ2v) is 3.84. The molecule has 1 saturated heterocycles. The zero-order valence-corrected chi connectivity index (χ0v) is 7.34. The highest BCUT2D eigenvalue weighted by Gasteiger charge is 2.41. The van der Waals surface area contributed by atoms with Gasteiger partial charge in [0.05, 0.1) is 0 Å². The molecule has 2 rings (SSSR count). The molecular formula is C8H16ClN. The molecule has 60 valence electrons. The first kappa shape index (κ1) is 8.35. The largest absolute Gasteiger partial charge is 0.314 e. The lowest BCUT2D eigenvalue weighted by molar-refractivity contribution is 0.159. The predicted molar refractivity (Wildman–Crippen MR) is 45.6 cm³/mol. The summed E-state index contributed by atoms with van der Waals surface area (Å²) in [4.78, 5) is 0. The van der Waals surface area contributed by atoms with E-state index in [0.717, 1.165) is 11.5 Å². The Kier molecular flexibility index (Phi) is 2.26. The fraction of sp³-hybridized carbons (Fsp3) is 1.00. The van der Waals surface area contributed by atoms with Crippen LogP contribution in [-0.4, -0.2) is 12.6 Å². The second kappa shape index (κ2) is 2.71. The van der Waals surface area contributed by atoms with Gasteiger partial charge in [-0.1, -0.05) is 6.42 Å². The number of hydrogen-bond donors (Lipinski definition) is 1. The molecule has 10 heavy (non-hydrogen) atoms. The maximum atomic E-state index is 3.51. The van der Waals surface area contributed by atoms with Crippen LogP contribution in [0.15, 0.2) is 0 Å². The monoisotopic (exact) mass is 161 g/mol. The minimum Gasteiger partial charge on any atom is -0.314 e. The quantitative estimate of drug-likeness (QED) is 0.573. The van der Waals surface area contributed by atoms with Crippen molar-refractivity contribution in [3.05, 3.63) is 0 Å². The van der Waals surface area contributed by atoms with E-state index in [1.165, 1.54) is 32.2 Å². The van der Waals surface area contributed by atoms with Crippen LogP contribution >= 0.6 is 12.4 Å². The average molecular weight is 162 g/mol. The third-order valence-electron chi connectivity index (χ3n) is 2.98. The van der Waals surface area contributed by atoms with Gasteiger partial charge in [-0.3, -0.25) is 0 Å².